The fourth-order valence-electron chi connectivity index (χ4n) is 2.78. The zero-order chi connectivity index (χ0) is 18.0. The second-order valence-electron chi connectivity index (χ2n) is 5.79. The van der Waals surface area contributed by atoms with Crippen LogP contribution in [0.1, 0.15) is 11.1 Å². The fourth-order valence-corrected chi connectivity index (χ4v) is 4.63. The lowest BCUT2D eigenvalue weighted by Gasteiger charge is -2.22. The fraction of sp³-hybridized carbons (Fsp3) is 0.278. The van der Waals surface area contributed by atoms with E-state index in [0.29, 0.717) is 30.4 Å². The number of benzene rings is 2. The predicted octanol–water partition coefficient (Wildman–Crippen LogP) is 3.30. The maximum atomic E-state index is 13.2. The van der Waals surface area contributed by atoms with Gasteiger partial charge in [-0.25, -0.2) is 8.42 Å². The van der Waals surface area contributed by atoms with Crippen LogP contribution in [-0.2, 0) is 16.4 Å². The van der Waals surface area contributed by atoms with Crippen LogP contribution in [-0.4, -0.2) is 38.8 Å². The first kappa shape index (κ1) is 17.8. The van der Waals surface area contributed by atoms with E-state index in [0.717, 1.165) is 11.1 Å². The number of methoxy groups -OCH3 is 1. The highest BCUT2D eigenvalue weighted by atomic mass is 35.5. The van der Waals surface area contributed by atoms with Crippen LogP contribution in [0.2, 0.25) is 5.02 Å². The number of nitrogens with zero attached hydrogens (tertiary/aromatic N) is 2. The summed E-state index contributed by atoms with van der Waals surface area (Å²) < 4.78 is 33.0. The maximum absolute atomic E-state index is 13.2. The number of aryl methyl sites for hydroxylation is 1. The van der Waals surface area contributed by atoms with Crippen molar-refractivity contribution in [3.05, 3.63) is 58.6 Å². The zero-order valence-electron chi connectivity index (χ0n) is 14.1. The summed E-state index contributed by atoms with van der Waals surface area (Å²) >= 11 is 6.15. The lowest BCUT2D eigenvalue weighted by molar-refractivity contribution is 0.400. The molecule has 0 radical (unpaired) electrons. The van der Waals surface area contributed by atoms with Crippen molar-refractivity contribution < 1.29 is 13.2 Å². The van der Waals surface area contributed by atoms with E-state index >= 15 is 0 Å². The van der Waals surface area contributed by atoms with Gasteiger partial charge in [0, 0.05) is 11.4 Å². The molecule has 0 spiro atoms. The van der Waals surface area contributed by atoms with Gasteiger partial charge in [0.2, 0.25) is 0 Å². The maximum Gasteiger partial charge on any atom is 0.269 e. The average Bonchev–Trinajstić information content (AvgIpc) is 3.06. The van der Waals surface area contributed by atoms with E-state index in [4.69, 9.17) is 16.3 Å². The molecule has 0 saturated carbocycles. The lowest BCUT2D eigenvalue weighted by Crippen LogP contribution is -2.35. The van der Waals surface area contributed by atoms with Crippen LogP contribution in [0, 0.1) is 6.92 Å². The van der Waals surface area contributed by atoms with E-state index in [1.165, 1.54) is 17.5 Å². The Hall–Kier alpha value is -2.05. The molecule has 0 N–H and O–H groups in total. The molecule has 0 aromatic heterocycles. The molecule has 3 rings (SSSR count). The molecule has 2 aromatic carbocycles. The molecule has 25 heavy (non-hydrogen) atoms. The summed E-state index contributed by atoms with van der Waals surface area (Å²) in [4.78, 5) is 4.45. The van der Waals surface area contributed by atoms with Gasteiger partial charge in [-0.3, -0.25) is 9.30 Å². The second-order valence-corrected chi connectivity index (χ2v) is 8.03. The molecule has 0 unspecified atom stereocenters. The van der Waals surface area contributed by atoms with E-state index in [-0.39, 0.29) is 10.6 Å². The molecule has 0 amide bonds. The van der Waals surface area contributed by atoms with Gasteiger partial charge >= 0.3 is 0 Å². The first-order valence-corrected chi connectivity index (χ1v) is 9.69. The minimum absolute atomic E-state index is 0.0632. The number of amidine groups is 1. The molecule has 0 aliphatic carbocycles. The Morgan fingerprint density at radius 3 is 2.64 bits per heavy atom. The van der Waals surface area contributed by atoms with Gasteiger partial charge in [-0.2, -0.15) is 0 Å². The van der Waals surface area contributed by atoms with Gasteiger partial charge in [0.15, 0.2) is 0 Å². The van der Waals surface area contributed by atoms with E-state index in [1.54, 1.807) is 13.0 Å². The van der Waals surface area contributed by atoms with Gasteiger partial charge in [0.05, 0.1) is 20.2 Å². The highest BCUT2D eigenvalue weighted by Crippen LogP contribution is 2.33. The van der Waals surface area contributed by atoms with Crippen LogP contribution in [0.15, 0.2) is 52.4 Å². The lowest BCUT2D eigenvalue weighted by atomic mass is 10.1. The predicted molar refractivity (Wildman–Crippen MR) is 99.1 cm³/mol. The van der Waals surface area contributed by atoms with Crippen molar-refractivity contribution in [1.82, 2.24) is 4.31 Å². The molecular weight excluding hydrogens is 360 g/mol. The third-order valence-corrected chi connectivity index (χ3v) is 6.36. The first-order valence-electron chi connectivity index (χ1n) is 7.87. The van der Waals surface area contributed by atoms with Gasteiger partial charge in [0.1, 0.15) is 16.5 Å². The summed E-state index contributed by atoms with van der Waals surface area (Å²) in [7, 11) is -2.35. The number of aliphatic imine (C=N–C) groups is 1. The van der Waals surface area contributed by atoms with Crippen molar-refractivity contribution >= 4 is 27.5 Å². The van der Waals surface area contributed by atoms with Crippen LogP contribution in [0.25, 0.3) is 0 Å². The molecule has 0 fully saturated rings. The van der Waals surface area contributed by atoms with Crippen LogP contribution in [0.5, 0.6) is 5.75 Å². The van der Waals surface area contributed by atoms with Gasteiger partial charge in [-0.15, -0.1) is 0 Å². The van der Waals surface area contributed by atoms with E-state index in [1.807, 2.05) is 30.3 Å². The number of rotatable bonds is 5. The SMILES string of the molecule is COc1cc(C)c(Cl)cc1S(=O)(=O)N1CCN=C1Cc1ccccc1. The summed E-state index contributed by atoms with van der Waals surface area (Å²) in [6.07, 6.45) is 0.460. The Labute approximate surface area is 153 Å². The first-order chi connectivity index (χ1) is 11.9. The minimum atomic E-state index is -3.80. The highest BCUT2D eigenvalue weighted by Gasteiger charge is 2.33. The number of hydrogen-bond donors (Lipinski definition) is 0. The molecule has 0 atom stereocenters. The Morgan fingerprint density at radius 2 is 1.96 bits per heavy atom. The van der Waals surface area contributed by atoms with Crippen molar-refractivity contribution in [1.29, 1.82) is 0 Å². The van der Waals surface area contributed by atoms with Crippen molar-refractivity contribution in [3.63, 3.8) is 0 Å². The van der Waals surface area contributed by atoms with Crippen LogP contribution < -0.4 is 4.74 Å². The second kappa shape index (κ2) is 7.06. The van der Waals surface area contributed by atoms with E-state index in [2.05, 4.69) is 4.99 Å². The molecule has 132 valence electrons. The smallest absolute Gasteiger partial charge is 0.269 e. The third-order valence-electron chi connectivity index (χ3n) is 4.10. The Kier molecular flexibility index (Phi) is 5.01. The van der Waals surface area contributed by atoms with Crippen molar-refractivity contribution in [3.8, 4) is 5.75 Å². The molecule has 0 bridgehead atoms. The Morgan fingerprint density at radius 1 is 1.24 bits per heavy atom. The van der Waals surface area contributed by atoms with Gasteiger partial charge < -0.3 is 4.74 Å². The molecule has 1 aliphatic heterocycles. The van der Waals surface area contributed by atoms with Gasteiger partial charge in [-0.05, 0) is 30.2 Å². The quantitative estimate of drug-likeness (QED) is 0.802. The molecule has 1 heterocycles. The van der Waals surface area contributed by atoms with Gasteiger partial charge in [0.25, 0.3) is 10.0 Å². The number of halogens is 1. The van der Waals surface area contributed by atoms with Crippen LogP contribution >= 0.6 is 11.6 Å². The normalized spacial score (nSPS) is 14.5. The monoisotopic (exact) mass is 378 g/mol. The van der Waals surface area contributed by atoms with E-state index < -0.39 is 10.0 Å². The highest BCUT2D eigenvalue weighted by molar-refractivity contribution is 7.89. The summed E-state index contributed by atoms with van der Waals surface area (Å²) in [5.41, 5.74) is 1.77. The zero-order valence-corrected chi connectivity index (χ0v) is 15.6. The number of hydrogen-bond acceptors (Lipinski definition) is 4. The van der Waals surface area contributed by atoms with Gasteiger partial charge in [-0.1, -0.05) is 41.9 Å². The van der Waals surface area contributed by atoms with Crippen molar-refractivity contribution in [2.24, 2.45) is 4.99 Å². The van der Waals surface area contributed by atoms with Crippen molar-refractivity contribution in [2.45, 2.75) is 18.2 Å². The summed E-state index contributed by atoms with van der Waals surface area (Å²) in [5.74, 6) is 0.817. The average molecular weight is 379 g/mol. The largest absolute Gasteiger partial charge is 0.495 e. The summed E-state index contributed by atoms with van der Waals surface area (Å²) in [6.45, 7) is 2.57. The van der Waals surface area contributed by atoms with Crippen molar-refractivity contribution in [2.75, 3.05) is 20.2 Å². The van der Waals surface area contributed by atoms with Crippen LogP contribution in [0.4, 0.5) is 0 Å². The molecule has 1 aliphatic rings. The van der Waals surface area contributed by atoms with E-state index in [9.17, 15) is 8.42 Å². The summed E-state index contributed by atoms with van der Waals surface area (Å²) in [6, 6.07) is 12.8. The number of ether oxygens (including phenoxy) is 1. The molecule has 7 heteroatoms. The molecule has 2 aromatic rings. The molecular formula is C18H19ClN2O3S. The molecule has 5 nitrogen and oxygen atoms in total. The molecule has 0 saturated heterocycles. The number of sulfonamides is 1. The Balaban J connectivity index is 1.97. The topological polar surface area (TPSA) is 59.0 Å². The third kappa shape index (κ3) is 3.50. The summed E-state index contributed by atoms with van der Waals surface area (Å²) in [5, 5.41) is 0.389. The minimum Gasteiger partial charge on any atom is -0.495 e. The van der Waals surface area contributed by atoms with Crippen LogP contribution in [0.3, 0.4) is 0 Å². The Bertz CT molecular complexity index is 911. The standard InChI is InChI=1S/C18H19ClN2O3S/c1-13-10-16(24-2)17(12-15(13)19)25(22,23)21-9-8-20-18(21)11-14-6-4-3-5-7-14/h3-7,10,12H,8-9,11H2,1-2H3.